The van der Waals surface area contributed by atoms with Crippen molar-refractivity contribution in [1.29, 1.82) is 0 Å². The van der Waals surface area contributed by atoms with Gasteiger partial charge >= 0.3 is 0 Å². The number of ether oxygens (including phenoxy) is 1. The second-order valence-electron chi connectivity index (χ2n) is 3.65. The molecular weight excluding hydrogens is 346 g/mol. The number of carbonyl (C=O) groups excluding carboxylic acids is 1. The Morgan fingerprint density at radius 3 is 2.56 bits per heavy atom. The molecule has 0 bridgehead atoms. The molecule has 0 aromatic heterocycles. The van der Waals surface area contributed by atoms with Crippen molar-refractivity contribution in [3.63, 3.8) is 0 Å². The van der Waals surface area contributed by atoms with Crippen LogP contribution in [0.4, 0.5) is 4.39 Å². The van der Waals surface area contributed by atoms with E-state index < -0.39 is 0 Å². The second kappa shape index (κ2) is 5.48. The van der Waals surface area contributed by atoms with Crippen LogP contribution in [-0.4, -0.2) is 12.9 Å². The van der Waals surface area contributed by atoms with Crippen LogP contribution < -0.4 is 4.74 Å². The van der Waals surface area contributed by atoms with Gasteiger partial charge in [0.05, 0.1) is 12.7 Å². The molecule has 0 heterocycles. The number of methoxy groups -OCH3 is 1. The monoisotopic (exact) mass is 356 g/mol. The summed E-state index contributed by atoms with van der Waals surface area (Å²) in [5.74, 6) is -0.00421. The lowest BCUT2D eigenvalue weighted by Gasteiger charge is -2.08. The van der Waals surface area contributed by atoms with Gasteiger partial charge in [0.25, 0.3) is 0 Å². The lowest BCUT2D eigenvalue weighted by molar-refractivity contribution is 0.103. The number of halogens is 2. The third kappa shape index (κ3) is 2.53. The molecule has 0 amide bonds. The maximum Gasteiger partial charge on any atom is 0.197 e. The minimum atomic E-state index is -0.351. The molecule has 2 nitrogen and oxygen atoms in total. The van der Waals surface area contributed by atoms with Crippen LogP contribution in [0, 0.1) is 9.39 Å². The molecule has 0 radical (unpaired) electrons. The molecule has 2 aromatic carbocycles. The fraction of sp³-hybridized carbons (Fsp3) is 0.0714. The van der Waals surface area contributed by atoms with E-state index in [1.165, 1.54) is 25.3 Å². The van der Waals surface area contributed by atoms with Crippen LogP contribution in [0.15, 0.2) is 42.5 Å². The van der Waals surface area contributed by atoms with Gasteiger partial charge in [0.2, 0.25) is 0 Å². The van der Waals surface area contributed by atoms with Crippen molar-refractivity contribution in [3.05, 3.63) is 63.0 Å². The van der Waals surface area contributed by atoms with Crippen LogP contribution in [0.5, 0.6) is 5.75 Å². The quantitative estimate of drug-likeness (QED) is 0.620. The molecule has 2 rings (SSSR count). The van der Waals surface area contributed by atoms with E-state index in [2.05, 4.69) is 0 Å². The highest BCUT2D eigenvalue weighted by atomic mass is 127. The number of para-hydroxylation sites is 1. The Kier molecular flexibility index (Phi) is 3.96. The van der Waals surface area contributed by atoms with E-state index in [-0.39, 0.29) is 11.6 Å². The summed E-state index contributed by atoms with van der Waals surface area (Å²) < 4.78 is 18.8. The first kappa shape index (κ1) is 13.0. The van der Waals surface area contributed by atoms with Crippen molar-refractivity contribution < 1.29 is 13.9 Å². The van der Waals surface area contributed by atoms with E-state index >= 15 is 0 Å². The summed E-state index contributed by atoms with van der Waals surface area (Å²) in [6.07, 6.45) is 0. The van der Waals surface area contributed by atoms with E-state index in [9.17, 15) is 9.18 Å². The molecule has 18 heavy (non-hydrogen) atoms. The molecule has 0 atom stereocenters. The number of hydrogen-bond acceptors (Lipinski definition) is 2. The van der Waals surface area contributed by atoms with Gasteiger partial charge in [-0.15, -0.1) is 0 Å². The van der Waals surface area contributed by atoms with Crippen LogP contribution in [0.1, 0.15) is 15.9 Å². The van der Waals surface area contributed by atoms with E-state index in [0.29, 0.717) is 20.4 Å². The van der Waals surface area contributed by atoms with Gasteiger partial charge < -0.3 is 4.74 Å². The highest BCUT2D eigenvalue weighted by molar-refractivity contribution is 14.1. The average Bonchev–Trinajstić information content (AvgIpc) is 2.38. The smallest absolute Gasteiger partial charge is 0.197 e. The van der Waals surface area contributed by atoms with Gasteiger partial charge in [-0.3, -0.25) is 4.79 Å². The highest BCUT2D eigenvalue weighted by Crippen LogP contribution is 2.24. The van der Waals surface area contributed by atoms with Crippen LogP contribution >= 0.6 is 22.6 Å². The number of ketones is 1. The first-order valence-electron chi connectivity index (χ1n) is 5.26. The number of benzene rings is 2. The zero-order valence-electron chi connectivity index (χ0n) is 9.61. The zero-order valence-corrected chi connectivity index (χ0v) is 11.8. The summed E-state index contributed by atoms with van der Waals surface area (Å²) in [7, 11) is 1.52. The minimum absolute atomic E-state index is 0.170. The van der Waals surface area contributed by atoms with Crippen molar-refractivity contribution in [2.24, 2.45) is 0 Å². The number of carbonyl (C=O) groups is 1. The van der Waals surface area contributed by atoms with Gasteiger partial charge in [0.15, 0.2) is 5.78 Å². The zero-order chi connectivity index (χ0) is 13.1. The molecule has 0 aliphatic carbocycles. The minimum Gasteiger partial charge on any atom is -0.496 e. The van der Waals surface area contributed by atoms with Crippen LogP contribution in [0.25, 0.3) is 0 Å². The van der Waals surface area contributed by atoms with Crippen molar-refractivity contribution >= 4 is 28.4 Å². The van der Waals surface area contributed by atoms with Crippen LogP contribution in [0.3, 0.4) is 0 Å². The van der Waals surface area contributed by atoms with Crippen molar-refractivity contribution in [1.82, 2.24) is 0 Å². The molecule has 0 aliphatic rings. The Labute approximate surface area is 118 Å². The summed E-state index contributed by atoms with van der Waals surface area (Å²) in [4.78, 5) is 12.4. The van der Waals surface area contributed by atoms with E-state index in [1.54, 1.807) is 24.3 Å². The predicted molar refractivity (Wildman–Crippen MR) is 75.5 cm³/mol. The summed E-state index contributed by atoms with van der Waals surface area (Å²) in [5, 5.41) is 0. The van der Waals surface area contributed by atoms with Gasteiger partial charge in [-0.1, -0.05) is 12.1 Å². The normalized spacial score (nSPS) is 10.2. The Morgan fingerprint density at radius 1 is 1.17 bits per heavy atom. The Balaban J connectivity index is 2.48. The average molecular weight is 356 g/mol. The molecule has 0 fully saturated rings. The molecule has 0 N–H and O–H groups in total. The van der Waals surface area contributed by atoms with Crippen molar-refractivity contribution in [2.75, 3.05) is 7.11 Å². The van der Waals surface area contributed by atoms with Gasteiger partial charge in [-0.25, -0.2) is 4.39 Å². The lowest BCUT2D eigenvalue weighted by Crippen LogP contribution is -2.06. The van der Waals surface area contributed by atoms with E-state index in [1.807, 2.05) is 22.6 Å². The Bertz CT molecular complexity index is 596. The van der Waals surface area contributed by atoms with E-state index in [0.717, 1.165) is 0 Å². The van der Waals surface area contributed by atoms with Gasteiger partial charge in [0.1, 0.15) is 11.6 Å². The van der Waals surface area contributed by atoms with Crippen LogP contribution in [-0.2, 0) is 0 Å². The van der Waals surface area contributed by atoms with Crippen molar-refractivity contribution in [2.45, 2.75) is 0 Å². The van der Waals surface area contributed by atoms with Gasteiger partial charge in [0, 0.05) is 9.13 Å². The molecule has 92 valence electrons. The third-order valence-corrected chi connectivity index (χ3v) is 3.42. The maximum absolute atomic E-state index is 13.0. The topological polar surface area (TPSA) is 26.3 Å². The van der Waals surface area contributed by atoms with E-state index in [4.69, 9.17) is 4.74 Å². The Morgan fingerprint density at radius 2 is 1.89 bits per heavy atom. The summed E-state index contributed by atoms with van der Waals surface area (Å²) in [6.45, 7) is 0. The predicted octanol–water partition coefficient (Wildman–Crippen LogP) is 3.67. The first-order valence-corrected chi connectivity index (χ1v) is 6.34. The molecule has 0 saturated carbocycles. The molecule has 2 aromatic rings. The Hall–Kier alpha value is -1.43. The van der Waals surface area contributed by atoms with Crippen molar-refractivity contribution in [3.8, 4) is 5.75 Å². The standard InChI is InChI=1S/C14H10FIO2/c1-18-13-5-3-2-4-11(13)14(17)10-7-6-9(15)8-12(10)16/h2-8H,1H3. The van der Waals surface area contributed by atoms with Crippen LogP contribution in [0.2, 0.25) is 0 Å². The molecule has 0 unspecified atom stereocenters. The fourth-order valence-corrected chi connectivity index (χ4v) is 2.37. The molecule has 0 spiro atoms. The summed E-state index contributed by atoms with van der Waals surface area (Å²) in [6, 6.07) is 11.1. The largest absolute Gasteiger partial charge is 0.496 e. The fourth-order valence-electron chi connectivity index (χ4n) is 1.65. The summed E-state index contributed by atoms with van der Waals surface area (Å²) >= 11 is 1.95. The third-order valence-electron chi connectivity index (χ3n) is 2.53. The second-order valence-corrected chi connectivity index (χ2v) is 4.82. The number of rotatable bonds is 3. The molecule has 0 aliphatic heterocycles. The highest BCUT2D eigenvalue weighted by Gasteiger charge is 2.16. The lowest BCUT2D eigenvalue weighted by atomic mass is 10.0. The summed E-state index contributed by atoms with van der Waals surface area (Å²) in [5.41, 5.74) is 0.950. The van der Waals surface area contributed by atoms with Gasteiger partial charge in [-0.05, 0) is 52.9 Å². The molecule has 0 saturated heterocycles. The van der Waals surface area contributed by atoms with Gasteiger partial charge in [-0.2, -0.15) is 0 Å². The SMILES string of the molecule is COc1ccccc1C(=O)c1ccc(F)cc1I. The maximum atomic E-state index is 13.0. The first-order chi connectivity index (χ1) is 8.63. The molecular formula is C14H10FIO2. The number of hydrogen-bond donors (Lipinski definition) is 0. The molecule has 4 heteroatoms.